The average Bonchev–Trinajstić information content (AvgIpc) is 2.28. The lowest BCUT2D eigenvalue weighted by atomic mass is 10.2. The summed E-state index contributed by atoms with van der Waals surface area (Å²) in [4.78, 5) is 26.5. The van der Waals surface area contributed by atoms with Crippen LogP contribution in [0.25, 0.3) is 11.0 Å². The Labute approximate surface area is 91.0 Å². The largest absolute Gasteiger partial charge is 0.476 e. The number of para-hydroxylation sites is 2. The van der Waals surface area contributed by atoms with Gasteiger partial charge >= 0.3 is 5.97 Å². The summed E-state index contributed by atoms with van der Waals surface area (Å²) in [5.41, 5.74) is 0.176. The molecule has 0 atom stereocenters. The van der Waals surface area contributed by atoms with Crippen molar-refractivity contribution in [3.05, 3.63) is 40.3 Å². The molecule has 5 heteroatoms. The molecule has 0 radical (unpaired) electrons. The van der Waals surface area contributed by atoms with Gasteiger partial charge in [0.1, 0.15) is 0 Å². The van der Waals surface area contributed by atoms with E-state index in [1.54, 1.807) is 31.2 Å². The van der Waals surface area contributed by atoms with Gasteiger partial charge in [0.2, 0.25) is 5.69 Å². The number of carboxylic acids is 1. The third-order valence-electron chi connectivity index (χ3n) is 2.37. The number of aromatic nitrogens is 2. The number of hydrogen-bond donors (Lipinski definition) is 1. The van der Waals surface area contributed by atoms with Gasteiger partial charge < -0.3 is 9.67 Å². The molecule has 16 heavy (non-hydrogen) atoms. The summed E-state index contributed by atoms with van der Waals surface area (Å²) in [6, 6.07) is 6.98. The van der Waals surface area contributed by atoms with Crippen molar-refractivity contribution in [3.8, 4) is 0 Å². The van der Waals surface area contributed by atoms with E-state index in [1.807, 2.05) is 0 Å². The van der Waals surface area contributed by atoms with Crippen LogP contribution < -0.4 is 5.56 Å². The second-order valence-electron chi connectivity index (χ2n) is 3.30. The van der Waals surface area contributed by atoms with Crippen LogP contribution in [0.3, 0.4) is 0 Å². The van der Waals surface area contributed by atoms with Crippen LogP contribution in [0.15, 0.2) is 29.1 Å². The van der Waals surface area contributed by atoms with Gasteiger partial charge in [0.25, 0.3) is 5.56 Å². The second-order valence-corrected chi connectivity index (χ2v) is 3.30. The molecular formula is C11H10N2O3. The first-order valence-corrected chi connectivity index (χ1v) is 4.88. The van der Waals surface area contributed by atoms with Gasteiger partial charge in [-0.05, 0) is 19.1 Å². The molecule has 5 nitrogen and oxygen atoms in total. The van der Waals surface area contributed by atoms with Crippen molar-refractivity contribution in [2.45, 2.75) is 13.5 Å². The number of nitrogens with zero attached hydrogens (tertiary/aromatic N) is 2. The average molecular weight is 218 g/mol. The number of aryl methyl sites for hydroxylation is 1. The van der Waals surface area contributed by atoms with E-state index in [0.717, 1.165) is 0 Å². The fraction of sp³-hybridized carbons (Fsp3) is 0.182. The van der Waals surface area contributed by atoms with Crippen molar-refractivity contribution in [1.82, 2.24) is 9.55 Å². The molecule has 0 spiro atoms. The molecule has 0 aliphatic rings. The summed E-state index contributed by atoms with van der Waals surface area (Å²) in [6.45, 7) is 2.21. The Kier molecular flexibility index (Phi) is 2.44. The van der Waals surface area contributed by atoms with Crippen molar-refractivity contribution in [1.29, 1.82) is 0 Å². The molecule has 0 aliphatic heterocycles. The molecule has 1 aromatic heterocycles. The molecule has 0 saturated heterocycles. The molecule has 82 valence electrons. The Bertz CT molecular complexity index is 616. The Balaban J connectivity index is 2.94. The van der Waals surface area contributed by atoms with Crippen molar-refractivity contribution < 1.29 is 9.90 Å². The highest BCUT2D eigenvalue weighted by Gasteiger charge is 2.15. The highest BCUT2D eigenvalue weighted by atomic mass is 16.4. The van der Waals surface area contributed by atoms with Crippen LogP contribution in [0.5, 0.6) is 0 Å². The first-order valence-electron chi connectivity index (χ1n) is 4.88. The van der Waals surface area contributed by atoms with Crippen LogP contribution >= 0.6 is 0 Å². The number of fused-ring (bicyclic) bond motifs is 1. The lowest BCUT2D eigenvalue weighted by molar-refractivity contribution is 0.0688. The number of benzene rings is 1. The molecule has 0 fully saturated rings. The Morgan fingerprint density at radius 1 is 1.44 bits per heavy atom. The number of hydrogen-bond acceptors (Lipinski definition) is 3. The van der Waals surface area contributed by atoms with E-state index in [9.17, 15) is 9.59 Å². The van der Waals surface area contributed by atoms with Crippen molar-refractivity contribution in [3.63, 3.8) is 0 Å². The summed E-state index contributed by atoms with van der Waals surface area (Å²) < 4.78 is 1.41. The number of aromatic carboxylic acids is 1. The summed E-state index contributed by atoms with van der Waals surface area (Å²) >= 11 is 0. The molecule has 1 aromatic carbocycles. The second kappa shape index (κ2) is 3.77. The van der Waals surface area contributed by atoms with Crippen LogP contribution in [0.1, 0.15) is 17.4 Å². The predicted molar refractivity (Wildman–Crippen MR) is 58.6 cm³/mol. The normalized spacial score (nSPS) is 10.6. The number of carboxylic acid groups (broad SMARTS) is 1. The van der Waals surface area contributed by atoms with E-state index in [4.69, 9.17) is 5.11 Å². The maximum absolute atomic E-state index is 11.8. The zero-order valence-corrected chi connectivity index (χ0v) is 8.67. The standard InChI is InChI=1S/C11H10N2O3/c1-2-13-8-6-4-3-5-7(8)12-9(10(13)14)11(15)16/h3-6H,2H2,1H3,(H,15,16). The predicted octanol–water partition coefficient (Wildman–Crippen LogP) is 1.11. The minimum absolute atomic E-state index is 0.419. The van der Waals surface area contributed by atoms with Crippen LogP contribution in [0, 0.1) is 0 Å². The topological polar surface area (TPSA) is 72.2 Å². The van der Waals surface area contributed by atoms with Crippen LogP contribution in [0.4, 0.5) is 0 Å². The van der Waals surface area contributed by atoms with E-state index in [-0.39, 0.29) is 0 Å². The molecule has 1 heterocycles. The van der Waals surface area contributed by atoms with Gasteiger partial charge in [0, 0.05) is 6.54 Å². The fourth-order valence-corrected chi connectivity index (χ4v) is 1.65. The summed E-state index contributed by atoms with van der Waals surface area (Å²) in [7, 11) is 0. The van der Waals surface area contributed by atoms with Gasteiger partial charge in [0.15, 0.2) is 0 Å². The monoisotopic (exact) mass is 218 g/mol. The highest BCUT2D eigenvalue weighted by Crippen LogP contribution is 2.09. The zero-order valence-electron chi connectivity index (χ0n) is 8.67. The Hall–Kier alpha value is -2.17. The summed E-state index contributed by atoms with van der Waals surface area (Å²) in [6.07, 6.45) is 0. The lowest BCUT2D eigenvalue weighted by Crippen LogP contribution is -2.27. The van der Waals surface area contributed by atoms with Crippen molar-refractivity contribution in [2.75, 3.05) is 0 Å². The van der Waals surface area contributed by atoms with E-state index >= 15 is 0 Å². The Morgan fingerprint density at radius 2 is 2.12 bits per heavy atom. The first-order chi connectivity index (χ1) is 7.65. The molecule has 0 bridgehead atoms. The summed E-state index contributed by atoms with van der Waals surface area (Å²) in [5, 5.41) is 8.87. The van der Waals surface area contributed by atoms with Gasteiger partial charge in [-0.3, -0.25) is 4.79 Å². The SMILES string of the molecule is CCn1c(=O)c(C(=O)O)nc2ccccc21. The molecule has 0 unspecified atom stereocenters. The Morgan fingerprint density at radius 3 is 2.75 bits per heavy atom. The highest BCUT2D eigenvalue weighted by molar-refractivity contribution is 5.88. The molecule has 1 N–H and O–H groups in total. The number of carbonyl (C=O) groups is 1. The molecule has 2 rings (SSSR count). The maximum Gasteiger partial charge on any atom is 0.360 e. The van der Waals surface area contributed by atoms with Gasteiger partial charge in [-0.15, -0.1) is 0 Å². The van der Waals surface area contributed by atoms with Crippen LogP contribution in [-0.2, 0) is 6.54 Å². The van der Waals surface area contributed by atoms with Crippen LogP contribution in [0.2, 0.25) is 0 Å². The molecule has 0 aliphatic carbocycles. The first kappa shape index (κ1) is 10.4. The van der Waals surface area contributed by atoms with E-state index in [2.05, 4.69) is 4.98 Å². The fourth-order valence-electron chi connectivity index (χ4n) is 1.65. The van der Waals surface area contributed by atoms with Gasteiger partial charge in [-0.1, -0.05) is 12.1 Å². The smallest absolute Gasteiger partial charge is 0.360 e. The van der Waals surface area contributed by atoms with E-state index in [0.29, 0.717) is 17.6 Å². The molecule has 0 saturated carbocycles. The van der Waals surface area contributed by atoms with Crippen molar-refractivity contribution in [2.24, 2.45) is 0 Å². The zero-order chi connectivity index (χ0) is 11.7. The third-order valence-corrected chi connectivity index (χ3v) is 2.37. The molecule has 0 amide bonds. The van der Waals surface area contributed by atoms with Gasteiger partial charge in [0.05, 0.1) is 11.0 Å². The lowest BCUT2D eigenvalue weighted by Gasteiger charge is -2.07. The van der Waals surface area contributed by atoms with E-state index < -0.39 is 17.2 Å². The third kappa shape index (κ3) is 1.46. The summed E-state index contributed by atoms with van der Waals surface area (Å²) in [5.74, 6) is -1.29. The van der Waals surface area contributed by atoms with Crippen molar-refractivity contribution >= 4 is 17.0 Å². The van der Waals surface area contributed by atoms with Crippen LogP contribution in [-0.4, -0.2) is 20.6 Å². The van der Waals surface area contributed by atoms with Gasteiger partial charge in [-0.25, -0.2) is 9.78 Å². The maximum atomic E-state index is 11.8. The quantitative estimate of drug-likeness (QED) is 0.819. The number of rotatable bonds is 2. The molecule has 2 aromatic rings. The van der Waals surface area contributed by atoms with Gasteiger partial charge in [-0.2, -0.15) is 0 Å². The molecular weight excluding hydrogens is 208 g/mol. The van der Waals surface area contributed by atoms with E-state index in [1.165, 1.54) is 4.57 Å². The minimum Gasteiger partial charge on any atom is -0.476 e. The minimum atomic E-state index is -1.29.